The lowest BCUT2D eigenvalue weighted by Gasteiger charge is -2.29. The molecule has 3 rings (SSSR count). The standard InChI is InChI=1S/C20H25N3O2/c21-13-17(18-7-3-4-12-22-18)19(24)14-8-10-16(11-9-14)23-20(25)15-5-1-2-6-15/h3-4,7,12,14-17H,1-2,5-6,8-11H2,(H,23,25). The molecule has 1 amide bonds. The van der Waals surface area contributed by atoms with Gasteiger partial charge in [-0.3, -0.25) is 14.6 Å². The maximum atomic E-state index is 12.7. The molecule has 1 atom stereocenters. The minimum atomic E-state index is -0.782. The van der Waals surface area contributed by atoms with E-state index in [0.29, 0.717) is 5.69 Å². The fraction of sp³-hybridized carbons (Fsp3) is 0.600. The summed E-state index contributed by atoms with van der Waals surface area (Å²) in [6.45, 7) is 0. The molecule has 0 spiro atoms. The SMILES string of the molecule is N#CC(C(=O)C1CCC(NC(=O)C2CCCC2)CC1)c1ccccn1. The van der Waals surface area contributed by atoms with Crippen LogP contribution in [0, 0.1) is 23.2 Å². The minimum absolute atomic E-state index is 0.0261. The summed E-state index contributed by atoms with van der Waals surface area (Å²) in [5.74, 6) is -0.536. The molecule has 5 heteroatoms. The maximum absolute atomic E-state index is 12.7. The van der Waals surface area contributed by atoms with Crippen molar-refractivity contribution in [2.45, 2.75) is 63.3 Å². The lowest BCUT2D eigenvalue weighted by atomic mass is 9.79. The van der Waals surface area contributed by atoms with Crippen LogP contribution in [0.4, 0.5) is 0 Å². The number of hydrogen-bond acceptors (Lipinski definition) is 4. The van der Waals surface area contributed by atoms with E-state index in [1.807, 2.05) is 0 Å². The zero-order chi connectivity index (χ0) is 17.6. The number of carbonyl (C=O) groups is 2. The van der Waals surface area contributed by atoms with Gasteiger partial charge < -0.3 is 5.32 Å². The number of ketones is 1. The molecule has 1 N–H and O–H groups in total. The van der Waals surface area contributed by atoms with Crippen molar-refractivity contribution in [2.24, 2.45) is 11.8 Å². The Morgan fingerprint density at radius 2 is 1.80 bits per heavy atom. The van der Waals surface area contributed by atoms with Crippen LogP contribution in [0.3, 0.4) is 0 Å². The zero-order valence-corrected chi connectivity index (χ0v) is 14.5. The monoisotopic (exact) mass is 339 g/mol. The van der Waals surface area contributed by atoms with Gasteiger partial charge in [-0.05, 0) is 50.7 Å². The van der Waals surface area contributed by atoms with E-state index >= 15 is 0 Å². The maximum Gasteiger partial charge on any atom is 0.223 e. The molecule has 132 valence electrons. The van der Waals surface area contributed by atoms with Crippen molar-refractivity contribution in [3.63, 3.8) is 0 Å². The van der Waals surface area contributed by atoms with Gasteiger partial charge in [0.15, 0.2) is 5.78 Å². The molecule has 0 aromatic carbocycles. The van der Waals surface area contributed by atoms with Gasteiger partial charge in [0, 0.05) is 24.1 Å². The van der Waals surface area contributed by atoms with E-state index in [1.165, 1.54) is 0 Å². The first-order valence-electron chi connectivity index (χ1n) is 9.33. The van der Waals surface area contributed by atoms with E-state index in [2.05, 4.69) is 16.4 Å². The Kier molecular flexibility index (Phi) is 5.80. The van der Waals surface area contributed by atoms with Gasteiger partial charge in [0.05, 0.1) is 11.8 Å². The third-order valence-corrected chi connectivity index (χ3v) is 5.60. The molecule has 1 aromatic heterocycles. The van der Waals surface area contributed by atoms with E-state index in [4.69, 9.17) is 0 Å². The van der Waals surface area contributed by atoms with Gasteiger partial charge in [-0.1, -0.05) is 18.9 Å². The largest absolute Gasteiger partial charge is 0.353 e. The second-order valence-electron chi connectivity index (χ2n) is 7.26. The average molecular weight is 339 g/mol. The fourth-order valence-electron chi connectivity index (χ4n) is 4.09. The number of nitrogens with zero attached hydrogens (tertiary/aromatic N) is 2. The number of rotatable bonds is 5. The van der Waals surface area contributed by atoms with Gasteiger partial charge in [-0.25, -0.2) is 0 Å². The topological polar surface area (TPSA) is 82.9 Å². The van der Waals surface area contributed by atoms with Crippen LogP contribution in [-0.2, 0) is 9.59 Å². The lowest BCUT2D eigenvalue weighted by Crippen LogP contribution is -2.41. The van der Waals surface area contributed by atoms with Gasteiger partial charge in [-0.15, -0.1) is 0 Å². The van der Waals surface area contributed by atoms with Crippen molar-refractivity contribution in [1.82, 2.24) is 10.3 Å². The molecular formula is C20H25N3O2. The van der Waals surface area contributed by atoms with Crippen molar-refractivity contribution < 1.29 is 9.59 Å². The van der Waals surface area contributed by atoms with Crippen LogP contribution in [0.15, 0.2) is 24.4 Å². The fourth-order valence-corrected chi connectivity index (χ4v) is 4.09. The van der Waals surface area contributed by atoms with Crippen molar-refractivity contribution in [2.75, 3.05) is 0 Å². The van der Waals surface area contributed by atoms with Crippen LogP contribution in [0.1, 0.15) is 63.0 Å². The summed E-state index contributed by atoms with van der Waals surface area (Å²) in [4.78, 5) is 29.1. The third-order valence-electron chi connectivity index (χ3n) is 5.60. The molecule has 1 aromatic rings. The van der Waals surface area contributed by atoms with Crippen molar-refractivity contribution in [3.8, 4) is 6.07 Å². The first kappa shape index (κ1) is 17.6. The summed E-state index contributed by atoms with van der Waals surface area (Å²) >= 11 is 0. The van der Waals surface area contributed by atoms with Crippen molar-refractivity contribution in [1.29, 1.82) is 5.26 Å². The Balaban J connectivity index is 1.52. The molecule has 2 saturated carbocycles. The quantitative estimate of drug-likeness (QED) is 0.893. The van der Waals surface area contributed by atoms with Gasteiger partial charge in [-0.2, -0.15) is 5.26 Å². The molecule has 2 fully saturated rings. The van der Waals surface area contributed by atoms with Crippen molar-refractivity contribution >= 4 is 11.7 Å². The summed E-state index contributed by atoms with van der Waals surface area (Å²) in [5, 5.41) is 12.6. The minimum Gasteiger partial charge on any atom is -0.353 e. The van der Waals surface area contributed by atoms with Crippen molar-refractivity contribution in [3.05, 3.63) is 30.1 Å². The second-order valence-corrected chi connectivity index (χ2v) is 7.26. The lowest BCUT2D eigenvalue weighted by molar-refractivity contribution is -0.126. The highest BCUT2D eigenvalue weighted by Gasteiger charge is 2.33. The van der Waals surface area contributed by atoms with Gasteiger partial charge in [0.2, 0.25) is 5.91 Å². The predicted octanol–water partition coefficient (Wildman–Crippen LogP) is 3.12. The second kappa shape index (κ2) is 8.24. The molecule has 0 aliphatic heterocycles. The number of carbonyl (C=O) groups excluding carboxylic acids is 2. The Labute approximate surface area is 148 Å². The average Bonchev–Trinajstić information content (AvgIpc) is 3.19. The molecule has 2 aliphatic carbocycles. The summed E-state index contributed by atoms with van der Waals surface area (Å²) in [7, 11) is 0. The number of amides is 1. The molecule has 0 saturated heterocycles. The number of pyridine rings is 1. The molecule has 5 nitrogen and oxygen atoms in total. The number of aromatic nitrogens is 1. The summed E-state index contributed by atoms with van der Waals surface area (Å²) in [6, 6.07) is 7.60. The van der Waals surface area contributed by atoms with E-state index < -0.39 is 5.92 Å². The molecule has 25 heavy (non-hydrogen) atoms. The Morgan fingerprint density at radius 1 is 1.08 bits per heavy atom. The van der Waals surface area contributed by atoms with Crippen LogP contribution in [0.25, 0.3) is 0 Å². The molecule has 1 heterocycles. The highest BCUT2D eigenvalue weighted by Crippen LogP contribution is 2.31. The number of nitrogens with one attached hydrogen (secondary N) is 1. The van der Waals surface area contributed by atoms with E-state index in [-0.39, 0.29) is 29.6 Å². The predicted molar refractivity (Wildman–Crippen MR) is 93.4 cm³/mol. The van der Waals surface area contributed by atoms with Crippen LogP contribution < -0.4 is 5.32 Å². The van der Waals surface area contributed by atoms with E-state index in [9.17, 15) is 14.9 Å². The summed E-state index contributed by atoms with van der Waals surface area (Å²) in [6.07, 6.45) is 9.04. The molecule has 0 radical (unpaired) electrons. The van der Waals surface area contributed by atoms with Gasteiger partial charge in [0.25, 0.3) is 0 Å². The van der Waals surface area contributed by atoms with E-state index in [1.54, 1.807) is 24.4 Å². The van der Waals surface area contributed by atoms with Crippen LogP contribution in [-0.4, -0.2) is 22.7 Å². The van der Waals surface area contributed by atoms with Crippen LogP contribution in [0.5, 0.6) is 0 Å². The van der Waals surface area contributed by atoms with Crippen LogP contribution >= 0.6 is 0 Å². The number of hydrogen-bond donors (Lipinski definition) is 1. The molecule has 0 bridgehead atoms. The highest BCUT2D eigenvalue weighted by molar-refractivity contribution is 5.90. The molecule has 1 unspecified atom stereocenters. The number of Topliss-reactive ketones (excluding diaryl/α,β-unsaturated/α-hetero) is 1. The smallest absolute Gasteiger partial charge is 0.223 e. The molecular weight excluding hydrogens is 314 g/mol. The summed E-state index contributed by atoms with van der Waals surface area (Å²) in [5.41, 5.74) is 0.534. The Morgan fingerprint density at radius 3 is 2.40 bits per heavy atom. The van der Waals surface area contributed by atoms with Gasteiger partial charge >= 0.3 is 0 Å². The first-order valence-corrected chi connectivity index (χ1v) is 9.33. The Bertz CT molecular complexity index is 639. The molecule has 2 aliphatic rings. The first-order chi connectivity index (χ1) is 12.2. The van der Waals surface area contributed by atoms with E-state index in [0.717, 1.165) is 51.4 Å². The third kappa shape index (κ3) is 4.25. The number of nitriles is 1. The normalized spacial score (nSPS) is 25.1. The Hall–Kier alpha value is -2.22. The van der Waals surface area contributed by atoms with Crippen LogP contribution in [0.2, 0.25) is 0 Å². The highest BCUT2D eigenvalue weighted by atomic mass is 16.2. The summed E-state index contributed by atoms with van der Waals surface area (Å²) < 4.78 is 0. The van der Waals surface area contributed by atoms with Gasteiger partial charge in [0.1, 0.15) is 5.92 Å². The zero-order valence-electron chi connectivity index (χ0n) is 14.5.